The first kappa shape index (κ1) is 30.5. The Balaban J connectivity index is 1.06. The topological polar surface area (TPSA) is 138 Å². The maximum absolute atomic E-state index is 13.6. The Labute approximate surface area is 260 Å². The molecule has 4 atom stereocenters. The summed E-state index contributed by atoms with van der Waals surface area (Å²) in [5, 5.41) is 15.5. The van der Waals surface area contributed by atoms with Gasteiger partial charge in [-0.3, -0.25) is 14.3 Å². The van der Waals surface area contributed by atoms with Crippen molar-refractivity contribution < 1.29 is 27.6 Å². The molecule has 1 saturated carbocycles. The Hall–Kier alpha value is -4.55. The molecule has 0 radical (unpaired) electrons. The summed E-state index contributed by atoms with van der Waals surface area (Å²) >= 11 is 6.40. The molecule has 12 nitrogen and oxygen atoms in total. The number of benzene rings is 1. The number of carbonyl (C=O) groups excluding carboxylic acids is 3. The molecule has 45 heavy (non-hydrogen) atoms. The third-order valence-electron chi connectivity index (χ3n) is 8.39. The molecule has 2 saturated heterocycles. The highest BCUT2D eigenvalue weighted by atomic mass is 35.5. The molecule has 6 rings (SSSR count). The van der Waals surface area contributed by atoms with Gasteiger partial charge in [0, 0.05) is 62.5 Å². The summed E-state index contributed by atoms with van der Waals surface area (Å²) < 4.78 is 43.1. The molecule has 3 fully saturated rings. The van der Waals surface area contributed by atoms with Gasteiger partial charge >= 0.3 is 12.2 Å². The second kappa shape index (κ2) is 11.8. The molecule has 1 aliphatic carbocycles. The molecule has 0 spiro atoms. The number of aromatic nitrogens is 4. The van der Waals surface area contributed by atoms with Crippen molar-refractivity contribution in [1.82, 2.24) is 40.2 Å². The van der Waals surface area contributed by atoms with Gasteiger partial charge in [0.2, 0.25) is 0 Å². The van der Waals surface area contributed by atoms with Crippen LogP contribution in [-0.4, -0.2) is 80.3 Å². The van der Waals surface area contributed by atoms with Crippen LogP contribution in [0.2, 0.25) is 5.02 Å². The quantitative estimate of drug-likeness (QED) is 0.292. The molecule has 4 heterocycles. The molecule has 3 aliphatic rings. The first-order valence-electron chi connectivity index (χ1n) is 14.2. The van der Waals surface area contributed by atoms with E-state index in [1.165, 1.54) is 29.8 Å². The van der Waals surface area contributed by atoms with E-state index in [0.717, 1.165) is 36.6 Å². The van der Waals surface area contributed by atoms with Crippen LogP contribution < -0.4 is 21.3 Å². The summed E-state index contributed by atoms with van der Waals surface area (Å²) in [4.78, 5) is 44.3. The first-order chi connectivity index (χ1) is 21.4. The third kappa shape index (κ3) is 6.07. The SMILES string of the molecule is C#CCn1cc(-c2cnc(C(=O)Nc3ccc(C(=O)NC4[C@H]5CN(C(=O)N[C@H]6CCNC6)C[C@@H]45)c(Cl)c3)n2C)c(C(F)(F)F)n1. The van der Waals surface area contributed by atoms with Crippen LogP contribution in [0.3, 0.4) is 0 Å². The highest BCUT2D eigenvalue weighted by molar-refractivity contribution is 6.34. The van der Waals surface area contributed by atoms with Gasteiger partial charge in [-0.05, 0) is 31.2 Å². The lowest BCUT2D eigenvalue weighted by molar-refractivity contribution is -0.141. The molecule has 16 heteroatoms. The number of terminal acetylenes is 1. The third-order valence-corrected chi connectivity index (χ3v) is 8.70. The van der Waals surface area contributed by atoms with Gasteiger partial charge in [-0.15, -0.1) is 6.42 Å². The normalized spacial score (nSPS) is 22.1. The van der Waals surface area contributed by atoms with Crippen molar-refractivity contribution in [2.24, 2.45) is 18.9 Å². The number of hydrogen-bond acceptors (Lipinski definition) is 6. The number of alkyl halides is 3. The number of halogens is 4. The number of likely N-dealkylation sites (tertiary alicyclic amines) is 1. The number of piperidine rings is 1. The van der Waals surface area contributed by atoms with E-state index in [0.29, 0.717) is 13.1 Å². The van der Waals surface area contributed by atoms with Crippen molar-refractivity contribution in [1.29, 1.82) is 0 Å². The Morgan fingerprint density at radius 2 is 1.93 bits per heavy atom. The van der Waals surface area contributed by atoms with Gasteiger partial charge in [-0.25, -0.2) is 9.78 Å². The van der Waals surface area contributed by atoms with Crippen LogP contribution in [-0.2, 0) is 19.8 Å². The Bertz CT molecular complexity index is 1690. The molecule has 2 aromatic heterocycles. The summed E-state index contributed by atoms with van der Waals surface area (Å²) in [6.45, 7) is 2.63. The Morgan fingerprint density at radius 3 is 2.58 bits per heavy atom. The molecule has 0 bridgehead atoms. The highest BCUT2D eigenvalue weighted by Gasteiger charge is 2.57. The molecule has 4 amide bonds. The second-order valence-corrected chi connectivity index (χ2v) is 11.7. The molecule has 236 valence electrons. The van der Waals surface area contributed by atoms with Crippen molar-refractivity contribution in [3.05, 3.63) is 52.7 Å². The number of amides is 4. The minimum Gasteiger partial charge on any atom is -0.349 e. The number of rotatable bonds is 7. The molecular formula is C29H29ClF3N9O3. The second-order valence-electron chi connectivity index (χ2n) is 11.3. The van der Waals surface area contributed by atoms with Crippen molar-refractivity contribution in [2.75, 3.05) is 31.5 Å². The smallest absolute Gasteiger partial charge is 0.349 e. The number of anilines is 1. The van der Waals surface area contributed by atoms with Crippen LogP contribution in [0.15, 0.2) is 30.6 Å². The predicted molar refractivity (Wildman–Crippen MR) is 157 cm³/mol. The molecule has 3 aromatic rings. The zero-order chi connectivity index (χ0) is 32.0. The number of fused-ring (bicyclic) bond motifs is 1. The van der Waals surface area contributed by atoms with E-state index in [-0.39, 0.29) is 75.8 Å². The Morgan fingerprint density at radius 1 is 1.18 bits per heavy atom. The van der Waals surface area contributed by atoms with E-state index >= 15 is 0 Å². The summed E-state index contributed by atoms with van der Waals surface area (Å²) in [6.07, 6.45) is 3.67. The van der Waals surface area contributed by atoms with Crippen molar-refractivity contribution >= 4 is 35.1 Å². The van der Waals surface area contributed by atoms with Crippen LogP contribution in [0.25, 0.3) is 11.3 Å². The van der Waals surface area contributed by atoms with Crippen molar-refractivity contribution in [3.63, 3.8) is 0 Å². The lowest BCUT2D eigenvalue weighted by Gasteiger charge is -2.23. The van der Waals surface area contributed by atoms with Crippen LogP contribution in [0.5, 0.6) is 0 Å². The van der Waals surface area contributed by atoms with Gasteiger partial charge in [0.1, 0.15) is 6.54 Å². The standard InChI is InChI=1S/C29H29ClF3N9O3/c1-3-8-42-14-20(24(39-42)29(31,32)33)22-11-35-25(40(22)2)27(44)36-15-4-5-17(21(30)9-15)26(43)38-23-18-12-41(13-19(18)23)28(45)37-16-6-7-34-10-16/h1,4-5,9,11,14,16,18-19,23,34H,6-8,10,12-13H2,2H3,(H,36,44)(H,37,45)(H,38,43)/t16-,18-,19+,23?/m0/s1. The average Bonchev–Trinajstić information content (AvgIpc) is 3.59. The summed E-state index contributed by atoms with van der Waals surface area (Å²) in [5.74, 6) is 1.36. The van der Waals surface area contributed by atoms with Crippen molar-refractivity contribution in [3.8, 4) is 23.6 Å². The number of imidazole rings is 1. The van der Waals surface area contributed by atoms with Crippen LogP contribution >= 0.6 is 11.6 Å². The molecule has 1 aromatic carbocycles. The van der Waals surface area contributed by atoms with Gasteiger partial charge in [0.25, 0.3) is 11.8 Å². The maximum atomic E-state index is 13.6. The summed E-state index contributed by atoms with van der Waals surface area (Å²) in [6, 6.07) is 4.38. The number of nitrogens with one attached hydrogen (secondary N) is 4. The first-order valence-corrected chi connectivity index (χ1v) is 14.6. The van der Waals surface area contributed by atoms with E-state index < -0.39 is 17.8 Å². The molecule has 4 N–H and O–H groups in total. The largest absolute Gasteiger partial charge is 0.435 e. The van der Waals surface area contributed by atoms with Crippen LogP contribution in [0.1, 0.15) is 33.1 Å². The lowest BCUT2D eigenvalue weighted by atomic mass is 10.2. The van der Waals surface area contributed by atoms with E-state index in [4.69, 9.17) is 18.0 Å². The zero-order valence-corrected chi connectivity index (χ0v) is 24.7. The molecule has 2 aliphatic heterocycles. The van der Waals surface area contributed by atoms with Gasteiger partial charge < -0.3 is 30.7 Å². The number of nitrogens with zero attached hydrogens (tertiary/aromatic N) is 5. The van der Waals surface area contributed by atoms with Gasteiger partial charge in [-0.2, -0.15) is 18.3 Å². The number of carbonyl (C=O) groups is 3. The summed E-state index contributed by atoms with van der Waals surface area (Å²) in [7, 11) is 1.41. The summed E-state index contributed by atoms with van der Waals surface area (Å²) in [5.41, 5.74) is -0.941. The highest BCUT2D eigenvalue weighted by Crippen LogP contribution is 2.45. The van der Waals surface area contributed by atoms with Crippen molar-refractivity contribution in [2.45, 2.75) is 31.2 Å². The van der Waals surface area contributed by atoms with E-state index in [9.17, 15) is 27.6 Å². The molecular weight excluding hydrogens is 615 g/mol. The monoisotopic (exact) mass is 643 g/mol. The Kier molecular flexibility index (Phi) is 7.96. The van der Waals surface area contributed by atoms with Gasteiger partial charge in [0.15, 0.2) is 11.5 Å². The van der Waals surface area contributed by atoms with E-state index in [2.05, 4.69) is 37.3 Å². The lowest BCUT2D eigenvalue weighted by Crippen LogP contribution is -2.46. The van der Waals surface area contributed by atoms with E-state index in [1.54, 1.807) is 4.90 Å². The van der Waals surface area contributed by atoms with Gasteiger partial charge in [-0.1, -0.05) is 17.5 Å². The van der Waals surface area contributed by atoms with Gasteiger partial charge in [0.05, 0.1) is 28.0 Å². The zero-order valence-electron chi connectivity index (χ0n) is 24.0. The van der Waals surface area contributed by atoms with Crippen LogP contribution in [0.4, 0.5) is 23.7 Å². The van der Waals surface area contributed by atoms with E-state index in [1.807, 2.05) is 0 Å². The predicted octanol–water partition coefficient (Wildman–Crippen LogP) is 2.57. The molecule has 1 unspecified atom stereocenters. The minimum atomic E-state index is -4.76. The number of hydrogen-bond donors (Lipinski definition) is 4. The minimum absolute atomic E-state index is 0.0144. The fourth-order valence-corrected chi connectivity index (χ4v) is 6.27. The van der Waals surface area contributed by atoms with Crippen LogP contribution in [0, 0.1) is 24.2 Å². The fraction of sp³-hybridized carbons (Fsp3) is 0.414. The fourth-order valence-electron chi connectivity index (χ4n) is 6.01. The maximum Gasteiger partial charge on any atom is 0.435 e. The average molecular weight is 644 g/mol. The number of urea groups is 1.